The van der Waals surface area contributed by atoms with Gasteiger partial charge in [0.2, 0.25) is 0 Å². The summed E-state index contributed by atoms with van der Waals surface area (Å²) in [4.78, 5) is 4.96. The largest absolute Gasteiger partial charge is 0.248 e. The minimum absolute atomic E-state index is 1.01. The van der Waals surface area contributed by atoms with Gasteiger partial charge in [0.05, 0.1) is 11.2 Å². The van der Waals surface area contributed by atoms with Crippen molar-refractivity contribution in [3.05, 3.63) is 102 Å². The summed E-state index contributed by atoms with van der Waals surface area (Å²) in [6.45, 7) is 0. The average molecular weight is 309 g/mol. The number of hydrogen-bond donors (Lipinski definition) is 0. The number of benzene rings is 3. The van der Waals surface area contributed by atoms with Gasteiger partial charge in [0.15, 0.2) is 0 Å². The molecule has 0 N–H and O–H groups in total. The molecule has 1 nitrogen and oxygen atoms in total. The van der Waals surface area contributed by atoms with Gasteiger partial charge in [0, 0.05) is 10.9 Å². The van der Waals surface area contributed by atoms with Crippen LogP contribution >= 0.6 is 0 Å². The van der Waals surface area contributed by atoms with Crippen molar-refractivity contribution >= 4 is 10.9 Å². The predicted octanol–water partition coefficient (Wildman–Crippen LogP) is 5.69. The Kier molecular flexibility index (Phi) is 4.07. The van der Waals surface area contributed by atoms with E-state index in [1.165, 1.54) is 16.5 Å². The molecule has 0 unspecified atom stereocenters. The van der Waals surface area contributed by atoms with E-state index in [1.54, 1.807) is 0 Å². The summed E-state index contributed by atoms with van der Waals surface area (Å²) in [5.41, 5.74) is 6.00. The molecule has 0 bridgehead atoms. The van der Waals surface area contributed by atoms with Crippen molar-refractivity contribution in [3.63, 3.8) is 0 Å². The van der Waals surface area contributed by atoms with Gasteiger partial charge in [-0.2, -0.15) is 0 Å². The Morgan fingerprint density at radius 1 is 0.583 bits per heavy atom. The first kappa shape index (κ1) is 14.6. The van der Waals surface area contributed by atoms with Gasteiger partial charge >= 0.3 is 0 Å². The Morgan fingerprint density at radius 2 is 1.33 bits per heavy atom. The fourth-order valence-corrected chi connectivity index (χ4v) is 3.10. The van der Waals surface area contributed by atoms with Crippen LogP contribution in [-0.4, -0.2) is 4.98 Å². The molecule has 1 aromatic heterocycles. The van der Waals surface area contributed by atoms with E-state index in [1.807, 2.05) is 6.07 Å². The van der Waals surface area contributed by atoms with Crippen LogP contribution in [0.1, 0.15) is 11.1 Å². The van der Waals surface area contributed by atoms with E-state index in [4.69, 9.17) is 4.98 Å². The van der Waals surface area contributed by atoms with Crippen LogP contribution in [0.4, 0.5) is 0 Å². The van der Waals surface area contributed by atoms with Crippen LogP contribution in [0.25, 0.3) is 22.2 Å². The minimum Gasteiger partial charge on any atom is -0.248 e. The lowest BCUT2D eigenvalue weighted by Gasteiger charge is -2.08. The highest BCUT2D eigenvalue weighted by atomic mass is 14.7. The first-order chi connectivity index (χ1) is 11.9. The number of nitrogens with zero attached hydrogens (tertiary/aromatic N) is 1. The fourth-order valence-electron chi connectivity index (χ4n) is 3.10. The van der Waals surface area contributed by atoms with Gasteiger partial charge in [-0.05, 0) is 30.0 Å². The maximum absolute atomic E-state index is 4.96. The molecule has 0 radical (unpaired) electrons. The topological polar surface area (TPSA) is 12.9 Å². The molecular weight excluding hydrogens is 290 g/mol. The van der Waals surface area contributed by atoms with Gasteiger partial charge < -0.3 is 0 Å². The van der Waals surface area contributed by atoms with Crippen LogP contribution in [0.5, 0.6) is 0 Å². The summed E-state index contributed by atoms with van der Waals surface area (Å²) < 4.78 is 0. The normalized spacial score (nSPS) is 10.8. The lowest BCUT2D eigenvalue weighted by Crippen LogP contribution is -1.95. The van der Waals surface area contributed by atoms with Crippen LogP contribution in [0.2, 0.25) is 0 Å². The van der Waals surface area contributed by atoms with E-state index in [0.29, 0.717) is 0 Å². The van der Waals surface area contributed by atoms with Crippen molar-refractivity contribution < 1.29 is 0 Å². The van der Waals surface area contributed by atoms with Crippen molar-refractivity contribution in [1.29, 1.82) is 0 Å². The molecule has 0 saturated carbocycles. The second-order valence-corrected chi connectivity index (χ2v) is 6.04. The van der Waals surface area contributed by atoms with Gasteiger partial charge in [-0.3, -0.25) is 0 Å². The van der Waals surface area contributed by atoms with Gasteiger partial charge in [-0.25, -0.2) is 4.98 Å². The molecule has 0 aliphatic rings. The van der Waals surface area contributed by atoms with Gasteiger partial charge in [0.25, 0.3) is 0 Å². The Balaban J connectivity index is 1.70. The number of para-hydroxylation sites is 1. The molecule has 0 aliphatic carbocycles. The Labute approximate surface area is 142 Å². The molecule has 0 aliphatic heterocycles. The van der Waals surface area contributed by atoms with Crippen molar-refractivity contribution in [2.45, 2.75) is 12.8 Å². The number of hydrogen-bond acceptors (Lipinski definition) is 1. The van der Waals surface area contributed by atoms with E-state index in [-0.39, 0.29) is 0 Å². The predicted molar refractivity (Wildman–Crippen MR) is 101 cm³/mol. The van der Waals surface area contributed by atoms with E-state index >= 15 is 0 Å². The molecule has 1 heteroatoms. The summed E-state index contributed by atoms with van der Waals surface area (Å²) in [6, 6.07) is 31.8. The minimum atomic E-state index is 1.01. The molecule has 0 saturated heterocycles. The van der Waals surface area contributed by atoms with Gasteiger partial charge in [-0.1, -0.05) is 84.9 Å². The molecule has 116 valence electrons. The molecule has 1 heterocycles. The second-order valence-electron chi connectivity index (χ2n) is 6.04. The highest BCUT2D eigenvalue weighted by Gasteiger charge is 2.06. The quantitative estimate of drug-likeness (QED) is 0.472. The SMILES string of the molecule is c1ccc(CCc2cccc3ccc(-c4ccccc4)nc23)cc1. The standard InChI is InChI=1S/C23H19N/c1-3-8-18(9-4-1)14-15-20-12-7-13-21-16-17-22(24-23(20)21)19-10-5-2-6-11-19/h1-13,16-17H,14-15H2. The number of fused-ring (bicyclic) bond motifs is 1. The Hall–Kier alpha value is -2.93. The number of rotatable bonds is 4. The third kappa shape index (κ3) is 3.07. The number of aromatic nitrogens is 1. The average Bonchev–Trinajstić information content (AvgIpc) is 2.67. The summed E-state index contributed by atoms with van der Waals surface area (Å²) >= 11 is 0. The van der Waals surface area contributed by atoms with Gasteiger partial charge in [0.1, 0.15) is 0 Å². The van der Waals surface area contributed by atoms with Crippen molar-refractivity contribution in [3.8, 4) is 11.3 Å². The highest BCUT2D eigenvalue weighted by molar-refractivity contribution is 5.84. The third-order valence-electron chi connectivity index (χ3n) is 4.40. The van der Waals surface area contributed by atoms with Crippen LogP contribution < -0.4 is 0 Å². The fraction of sp³-hybridized carbons (Fsp3) is 0.0870. The molecule has 24 heavy (non-hydrogen) atoms. The van der Waals surface area contributed by atoms with Crippen LogP contribution in [0, 0.1) is 0 Å². The first-order valence-electron chi connectivity index (χ1n) is 8.38. The van der Waals surface area contributed by atoms with E-state index in [2.05, 4.69) is 84.9 Å². The van der Waals surface area contributed by atoms with Crippen LogP contribution in [0.3, 0.4) is 0 Å². The molecule has 0 amide bonds. The number of aryl methyl sites for hydroxylation is 2. The summed E-state index contributed by atoms with van der Waals surface area (Å²) in [6.07, 6.45) is 2.05. The molecule has 0 fully saturated rings. The molecule has 4 rings (SSSR count). The van der Waals surface area contributed by atoms with Crippen molar-refractivity contribution in [1.82, 2.24) is 4.98 Å². The third-order valence-corrected chi connectivity index (χ3v) is 4.40. The zero-order chi connectivity index (χ0) is 16.2. The smallest absolute Gasteiger partial charge is 0.0741 e. The monoisotopic (exact) mass is 309 g/mol. The van der Waals surface area contributed by atoms with Crippen molar-refractivity contribution in [2.75, 3.05) is 0 Å². The molecule has 0 atom stereocenters. The summed E-state index contributed by atoms with van der Waals surface area (Å²) in [5.74, 6) is 0. The second kappa shape index (κ2) is 6.67. The molecule has 4 aromatic rings. The molecule has 0 spiro atoms. The highest BCUT2D eigenvalue weighted by Crippen LogP contribution is 2.24. The van der Waals surface area contributed by atoms with E-state index < -0.39 is 0 Å². The summed E-state index contributed by atoms with van der Waals surface area (Å²) in [5, 5.41) is 1.21. The zero-order valence-corrected chi connectivity index (χ0v) is 13.5. The van der Waals surface area contributed by atoms with E-state index in [9.17, 15) is 0 Å². The Bertz CT molecular complexity index is 943. The maximum Gasteiger partial charge on any atom is 0.0741 e. The van der Waals surface area contributed by atoms with Crippen LogP contribution in [-0.2, 0) is 12.8 Å². The maximum atomic E-state index is 4.96. The zero-order valence-electron chi connectivity index (χ0n) is 13.5. The number of pyridine rings is 1. The van der Waals surface area contributed by atoms with E-state index in [0.717, 1.165) is 29.6 Å². The lowest BCUT2D eigenvalue weighted by atomic mass is 10.0. The first-order valence-corrected chi connectivity index (χ1v) is 8.38. The lowest BCUT2D eigenvalue weighted by molar-refractivity contribution is 0.965. The van der Waals surface area contributed by atoms with Gasteiger partial charge in [-0.15, -0.1) is 0 Å². The van der Waals surface area contributed by atoms with Crippen molar-refractivity contribution in [2.24, 2.45) is 0 Å². The molecular formula is C23H19N. The van der Waals surface area contributed by atoms with Crippen LogP contribution in [0.15, 0.2) is 91.0 Å². The Morgan fingerprint density at radius 3 is 2.12 bits per heavy atom. The summed E-state index contributed by atoms with van der Waals surface area (Å²) in [7, 11) is 0. The molecule has 3 aromatic carbocycles.